The number of nitriles is 1. The molecule has 1 saturated heterocycles. The van der Waals surface area contributed by atoms with Gasteiger partial charge in [-0.15, -0.1) is 0 Å². The van der Waals surface area contributed by atoms with Gasteiger partial charge in [-0.3, -0.25) is 9.69 Å². The molecule has 5 nitrogen and oxygen atoms in total. The van der Waals surface area contributed by atoms with Crippen LogP contribution in [0.1, 0.15) is 35.2 Å². The number of carbonyl (C=O) groups excluding carboxylic acids is 1. The van der Waals surface area contributed by atoms with E-state index in [0.29, 0.717) is 25.1 Å². The van der Waals surface area contributed by atoms with Gasteiger partial charge in [0.15, 0.2) is 0 Å². The van der Waals surface area contributed by atoms with Crippen LogP contribution < -0.4 is 0 Å². The first-order valence-corrected chi connectivity index (χ1v) is 8.36. The summed E-state index contributed by atoms with van der Waals surface area (Å²) in [5.74, 6) is 0.0383. The van der Waals surface area contributed by atoms with Crippen molar-refractivity contribution in [1.82, 2.24) is 9.80 Å². The lowest BCUT2D eigenvalue weighted by atomic mass is 10.1. The number of carbonyl (C=O) groups is 1. The Morgan fingerprint density at radius 2 is 2.04 bits per heavy atom. The third kappa shape index (κ3) is 3.54. The van der Waals surface area contributed by atoms with Crippen LogP contribution in [0.3, 0.4) is 0 Å². The molecule has 1 amide bonds. The van der Waals surface area contributed by atoms with Crippen LogP contribution in [-0.2, 0) is 6.42 Å². The lowest BCUT2D eigenvalue weighted by molar-refractivity contribution is 0.0315. The fraction of sp³-hybridized carbons (Fsp3) is 0.556. The van der Waals surface area contributed by atoms with E-state index in [2.05, 4.69) is 11.0 Å². The van der Waals surface area contributed by atoms with E-state index >= 15 is 0 Å². The standard InChI is InChI=1S/C18H23N3O2/c19-8-7-14-3-1-4-15(13-14)18(23)21-11-9-20(10-12-21)16-5-2-6-17(16)22/h1,3-4,13,16-17,22H,2,5-7,9-12H2/t16-,17+/m0/s1. The highest BCUT2D eigenvalue weighted by Crippen LogP contribution is 2.25. The molecule has 23 heavy (non-hydrogen) atoms. The number of nitrogens with zero attached hydrogens (tertiary/aromatic N) is 3. The van der Waals surface area contributed by atoms with Gasteiger partial charge in [0.1, 0.15) is 0 Å². The van der Waals surface area contributed by atoms with E-state index in [4.69, 9.17) is 5.26 Å². The minimum absolute atomic E-state index is 0.0383. The maximum Gasteiger partial charge on any atom is 0.253 e. The molecule has 1 aromatic carbocycles. The van der Waals surface area contributed by atoms with Crippen molar-refractivity contribution in [3.63, 3.8) is 0 Å². The molecule has 1 aliphatic heterocycles. The number of rotatable bonds is 3. The molecule has 3 rings (SSSR count). The van der Waals surface area contributed by atoms with E-state index in [1.165, 1.54) is 0 Å². The van der Waals surface area contributed by atoms with Crippen LogP contribution in [-0.4, -0.2) is 59.1 Å². The second kappa shape index (κ2) is 7.12. The first-order chi connectivity index (χ1) is 11.2. The van der Waals surface area contributed by atoms with E-state index in [0.717, 1.165) is 37.9 Å². The third-order valence-electron chi connectivity index (χ3n) is 4.97. The Morgan fingerprint density at radius 3 is 2.70 bits per heavy atom. The first kappa shape index (κ1) is 16.0. The predicted molar refractivity (Wildman–Crippen MR) is 86.9 cm³/mol. The molecule has 122 valence electrons. The fourth-order valence-electron chi connectivity index (χ4n) is 3.69. The topological polar surface area (TPSA) is 67.6 Å². The fourth-order valence-corrected chi connectivity index (χ4v) is 3.69. The smallest absolute Gasteiger partial charge is 0.253 e. The maximum atomic E-state index is 12.6. The maximum absolute atomic E-state index is 12.6. The molecular formula is C18H23N3O2. The molecule has 2 fully saturated rings. The molecule has 0 radical (unpaired) electrons. The lowest BCUT2D eigenvalue weighted by Crippen LogP contribution is -2.53. The van der Waals surface area contributed by atoms with Crippen LogP contribution >= 0.6 is 0 Å². The Morgan fingerprint density at radius 1 is 1.26 bits per heavy atom. The number of aliphatic hydroxyl groups excluding tert-OH is 1. The number of piperazine rings is 1. The third-order valence-corrected chi connectivity index (χ3v) is 4.97. The Bertz CT molecular complexity index is 603. The molecule has 2 aliphatic rings. The highest BCUT2D eigenvalue weighted by Gasteiger charge is 2.33. The van der Waals surface area contributed by atoms with Crippen molar-refractivity contribution < 1.29 is 9.90 Å². The molecule has 0 spiro atoms. The van der Waals surface area contributed by atoms with Crippen molar-refractivity contribution >= 4 is 5.91 Å². The van der Waals surface area contributed by atoms with Gasteiger partial charge in [0.25, 0.3) is 5.91 Å². The molecular weight excluding hydrogens is 290 g/mol. The molecule has 5 heteroatoms. The first-order valence-electron chi connectivity index (χ1n) is 8.36. The average Bonchev–Trinajstić information content (AvgIpc) is 3.01. The Kier molecular flexibility index (Phi) is 4.94. The minimum atomic E-state index is -0.208. The number of hydrogen-bond acceptors (Lipinski definition) is 4. The van der Waals surface area contributed by atoms with E-state index in [1.807, 2.05) is 29.2 Å². The SMILES string of the molecule is N#CCc1cccc(C(=O)N2CCN([C@H]3CCC[C@H]3O)CC2)c1. The highest BCUT2D eigenvalue weighted by atomic mass is 16.3. The van der Waals surface area contributed by atoms with Gasteiger partial charge in [-0.25, -0.2) is 0 Å². The van der Waals surface area contributed by atoms with Crippen molar-refractivity contribution in [1.29, 1.82) is 5.26 Å². The van der Waals surface area contributed by atoms with Crippen molar-refractivity contribution in [2.24, 2.45) is 0 Å². The van der Waals surface area contributed by atoms with Crippen molar-refractivity contribution in [2.75, 3.05) is 26.2 Å². The number of amides is 1. The summed E-state index contributed by atoms with van der Waals surface area (Å²) in [6.07, 6.45) is 3.17. The summed E-state index contributed by atoms with van der Waals surface area (Å²) in [4.78, 5) is 16.8. The number of aliphatic hydroxyl groups is 1. The summed E-state index contributed by atoms with van der Waals surface area (Å²) in [6.45, 7) is 3.05. The van der Waals surface area contributed by atoms with Gasteiger partial charge < -0.3 is 10.0 Å². The lowest BCUT2D eigenvalue weighted by Gasteiger charge is -2.39. The number of benzene rings is 1. The van der Waals surface area contributed by atoms with E-state index in [9.17, 15) is 9.90 Å². The van der Waals surface area contributed by atoms with Crippen LogP contribution in [0.5, 0.6) is 0 Å². The molecule has 1 N–H and O–H groups in total. The van der Waals surface area contributed by atoms with Gasteiger partial charge in [-0.1, -0.05) is 12.1 Å². The summed E-state index contributed by atoms with van der Waals surface area (Å²) >= 11 is 0. The summed E-state index contributed by atoms with van der Waals surface area (Å²) < 4.78 is 0. The average molecular weight is 313 g/mol. The van der Waals surface area contributed by atoms with Gasteiger partial charge in [0.2, 0.25) is 0 Å². The van der Waals surface area contributed by atoms with Gasteiger partial charge in [-0.05, 0) is 37.0 Å². The Balaban J connectivity index is 1.60. The van der Waals surface area contributed by atoms with E-state index in [1.54, 1.807) is 0 Å². The zero-order valence-corrected chi connectivity index (χ0v) is 13.3. The molecule has 1 heterocycles. The minimum Gasteiger partial charge on any atom is -0.391 e. The second-order valence-corrected chi connectivity index (χ2v) is 6.43. The zero-order valence-electron chi connectivity index (χ0n) is 13.3. The predicted octanol–water partition coefficient (Wildman–Crippen LogP) is 1.42. The quantitative estimate of drug-likeness (QED) is 0.916. The molecule has 1 aliphatic carbocycles. The van der Waals surface area contributed by atoms with Crippen LogP contribution in [0.4, 0.5) is 0 Å². The molecule has 1 saturated carbocycles. The summed E-state index contributed by atoms with van der Waals surface area (Å²) in [7, 11) is 0. The zero-order chi connectivity index (χ0) is 16.2. The van der Waals surface area contributed by atoms with Crippen LogP contribution in [0, 0.1) is 11.3 Å². The van der Waals surface area contributed by atoms with E-state index in [-0.39, 0.29) is 18.1 Å². The van der Waals surface area contributed by atoms with E-state index < -0.39 is 0 Å². The summed E-state index contributed by atoms with van der Waals surface area (Å²) in [6, 6.07) is 9.73. The van der Waals surface area contributed by atoms with Gasteiger partial charge in [0, 0.05) is 37.8 Å². The Hall–Kier alpha value is -1.90. The van der Waals surface area contributed by atoms with Crippen molar-refractivity contribution in [3.05, 3.63) is 35.4 Å². The molecule has 0 bridgehead atoms. The summed E-state index contributed by atoms with van der Waals surface area (Å²) in [5.41, 5.74) is 1.54. The molecule has 0 unspecified atom stereocenters. The van der Waals surface area contributed by atoms with Gasteiger partial charge in [0.05, 0.1) is 18.6 Å². The van der Waals surface area contributed by atoms with Crippen molar-refractivity contribution in [3.8, 4) is 6.07 Å². The second-order valence-electron chi connectivity index (χ2n) is 6.43. The number of hydrogen-bond donors (Lipinski definition) is 1. The van der Waals surface area contributed by atoms with Crippen LogP contribution in [0.15, 0.2) is 24.3 Å². The van der Waals surface area contributed by atoms with Gasteiger partial charge in [-0.2, -0.15) is 5.26 Å². The molecule has 0 aromatic heterocycles. The molecule has 2 atom stereocenters. The van der Waals surface area contributed by atoms with Crippen LogP contribution in [0.2, 0.25) is 0 Å². The normalized spacial score (nSPS) is 25.3. The van der Waals surface area contributed by atoms with Crippen LogP contribution in [0.25, 0.3) is 0 Å². The van der Waals surface area contributed by atoms with Gasteiger partial charge >= 0.3 is 0 Å². The Labute approximate surface area is 137 Å². The largest absolute Gasteiger partial charge is 0.391 e. The summed E-state index contributed by atoms with van der Waals surface area (Å²) in [5, 5.41) is 18.8. The highest BCUT2D eigenvalue weighted by molar-refractivity contribution is 5.94. The molecule has 1 aromatic rings. The van der Waals surface area contributed by atoms with Crippen molar-refractivity contribution in [2.45, 2.75) is 37.8 Å². The monoisotopic (exact) mass is 313 g/mol.